The average molecular weight is 196 g/mol. The van der Waals surface area contributed by atoms with Gasteiger partial charge in [0.05, 0.1) is 0 Å². The van der Waals surface area contributed by atoms with Gasteiger partial charge in [0.2, 0.25) is 0 Å². The Bertz CT molecular complexity index is 135. The molecule has 0 spiro atoms. The third kappa shape index (κ3) is 8.34. The topological polar surface area (TPSA) is 0 Å². The lowest BCUT2D eigenvalue weighted by molar-refractivity contribution is 0.508. The number of allylic oxidation sites excluding steroid dienone is 1. The van der Waals surface area contributed by atoms with Crippen molar-refractivity contribution in [1.82, 2.24) is 0 Å². The fraction of sp³-hybridized carbons (Fsp3) is 0.857. The van der Waals surface area contributed by atoms with Crippen molar-refractivity contribution in [3.63, 3.8) is 0 Å². The molecule has 0 aromatic rings. The van der Waals surface area contributed by atoms with E-state index in [-0.39, 0.29) is 0 Å². The Balaban J connectivity index is 3.35. The fourth-order valence-corrected chi connectivity index (χ4v) is 1.99. The van der Waals surface area contributed by atoms with E-state index in [1.165, 1.54) is 56.9 Å². The van der Waals surface area contributed by atoms with E-state index < -0.39 is 0 Å². The van der Waals surface area contributed by atoms with Gasteiger partial charge in [0, 0.05) is 0 Å². The molecule has 0 heterocycles. The largest absolute Gasteiger partial charge is 0.0999 e. The fourth-order valence-electron chi connectivity index (χ4n) is 1.99. The van der Waals surface area contributed by atoms with E-state index in [2.05, 4.69) is 27.4 Å². The van der Waals surface area contributed by atoms with Crippen molar-refractivity contribution in [2.75, 3.05) is 0 Å². The van der Waals surface area contributed by atoms with Gasteiger partial charge in [-0.2, -0.15) is 0 Å². The minimum absolute atomic E-state index is 0.846. The molecule has 0 saturated heterocycles. The molecule has 0 aliphatic rings. The first kappa shape index (κ1) is 13.7. The molecule has 0 nitrogen and oxygen atoms in total. The maximum atomic E-state index is 4.17. The van der Waals surface area contributed by atoms with Gasteiger partial charge in [0.15, 0.2) is 0 Å². The zero-order valence-electron chi connectivity index (χ0n) is 10.4. The van der Waals surface area contributed by atoms with Crippen LogP contribution in [0.3, 0.4) is 0 Å². The highest BCUT2D eigenvalue weighted by Crippen LogP contribution is 2.19. The molecule has 84 valence electrons. The zero-order valence-corrected chi connectivity index (χ0v) is 10.4. The highest BCUT2D eigenvalue weighted by Gasteiger charge is 2.03. The van der Waals surface area contributed by atoms with Crippen molar-refractivity contribution < 1.29 is 0 Å². The van der Waals surface area contributed by atoms with Crippen LogP contribution in [0.1, 0.15) is 72.1 Å². The minimum Gasteiger partial charge on any atom is -0.0999 e. The van der Waals surface area contributed by atoms with E-state index in [4.69, 9.17) is 0 Å². The lowest BCUT2D eigenvalue weighted by Gasteiger charge is -2.11. The summed E-state index contributed by atoms with van der Waals surface area (Å²) in [4.78, 5) is 0. The Morgan fingerprint density at radius 3 is 2.36 bits per heavy atom. The van der Waals surface area contributed by atoms with Crippen LogP contribution in [-0.2, 0) is 0 Å². The van der Waals surface area contributed by atoms with E-state index in [9.17, 15) is 0 Å². The molecule has 0 fully saturated rings. The summed E-state index contributed by atoms with van der Waals surface area (Å²) in [5.41, 5.74) is 1.47. The molecule has 1 unspecified atom stereocenters. The molecular formula is C14H28. The van der Waals surface area contributed by atoms with Crippen LogP contribution in [0, 0.1) is 5.92 Å². The van der Waals surface area contributed by atoms with E-state index in [0.717, 1.165) is 5.92 Å². The minimum atomic E-state index is 0.846. The number of rotatable bonds is 9. The van der Waals surface area contributed by atoms with Gasteiger partial charge in [-0.15, -0.1) is 0 Å². The van der Waals surface area contributed by atoms with Crippen LogP contribution >= 0.6 is 0 Å². The Hall–Kier alpha value is -0.260. The van der Waals surface area contributed by atoms with E-state index in [0.29, 0.717) is 0 Å². The first-order valence-corrected chi connectivity index (χ1v) is 6.37. The summed E-state index contributed by atoms with van der Waals surface area (Å²) in [6, 6.07) is 0. The maximum Gasteiger partial charge on any atom is -0.0297 e. The van der Waals surface area contributed by atoms with Crippen LogP contribution in [0.15, 0.2) is 12.2 Å². The number of hydrogen-bond acceptors (Lipinski definition) is 0. The predicted octanol–water partition coefficient (Wildman–Crippen LogP) is 5.34. The highest BCUT2D eigenvalue weighted by molar-refractivity contribution is 4.94. The summed E-state index contributed by atoms with van der Waals surface area (Å²) >= 11 is 0. The van der Waals surface area contributed by atoms with Gasteiger partial charge < -0.3 is 0 Å². The lowest BCUT2D eigenvalue weighted by atomic mass is 9.95. The lowest BCUT2D eigenvalue weighted by Crippen LogP contribution is -1.96. The molecular weight excluding hydrogens is 168 g/mol. The Kier molecular flexibility index (Phi) is 9.13. The Morgan fingerprint density at radius 1 is 1.07 bits per heavy atom. The summed E-state index contributed by atoms with van der Waals surface area (Å²) < 4.78 is 0. The molecule has 0 heteroatoms. The van der Waals surface area contributed by atoms with Gasteiger partial charge in [-0.3, -0.25) is 0 Å². The first-order valence-electron chi connectivity index (χ1n) is 6.37. The normalized spacial score (nSPS) is 12.8. The molecule has 0 aliphatic heterocycles. The van der Waals surface area contributed by atoms with Crippen LogP contribution in [0.4, 0.5) is 0 Å². The summed E-state index contributed by atoms with van der Waals surface area (Å²) in [7, 11) is 0. The Labute approximate surface area is 90.8 Å². The monoisotopic (exact) mass is 196 g/mol. The summed E-state index contributed by atoms with van der Waals surface area (Å²) in [5.74, 6) is 0.846. The molecule has 0 radical (unpaired) electrons. The number of hydrogen-bond donors (Lipinski definition) is 0. The third-order valence-electron chi connectivity index (χ3n) is 2.80. The van der Waals surface area contributed by atoms with E-state index in [1.54, 1.807) is 0 Å². The number of unbranched alkanes of at least 4 members (excludes halogenated alkanes) is 3. The van der Waals surface area contributed by atoms with Crippen molar-refractivity contribution in [3.05, 3.63) is 12.2 Å². The van der Waals surface area contributed by atoms with Gasteiger partial charge in [-0.05, 0) is 25.2 Å². The van der Waals surface area contributed by atoms with Gasteiger partial charge in [0.25, 0.3) is 0 Å². The van der Waals surface area contributed by atoms with Crippen LogP contribution in [0.5, 0.6) is 0 Å². The van der Waals surface area contributed by atoms with Crippen LogP contribution < -0.4 is 0 Å². The second kappa shape index (κ2) is 9.30. The summed E-state index contributed by atoms with van der Waals surface area (Å²) in [6.07, 6.45) is 10.6. The molecule has 0 bridgehead atoms. The molecule has 0 saturated carbocycles. The van der Waals surface area contributed by atoms with Crippen molar-refractivity contribution in [1.29, 1.82) is 0 Å². The molecule has 14 heavy (non-hydrogen) atoms. The maximum absolute atomic E-state index is 4.17. The van der Waals surface area contributed by atoms with Crippen molar-refractivity contribution in [2.45, 2.75) is 72.1 Å². The quantitative estimate of drug-likeness (QED) is 0.345. The second-order valence-electron chi connectivity index (χ2n) is 4.66. The van der Waals surface area contributed by atoms with E-state index >= 15 is 0 Å². The molecule has 0 N–H and O–H groups in total. The molecule has 0 rings (SSSR count). The van der Waals surface area contributed by atoms with Gasteiger partial charge in [0.1, 0.15) is 0 Å². The standard InChI is InChI=1S/C14H28/c1-5-7-8-9-11-14(4)12-13(3)10-6-2/h13H,4-12H2,1-3H3. The molecule has 1 atom stereocenters. The Morgan fingerprint density at radius 2 is 1.79 bits per heavy atom. The van der Waals surface area contributed by atoms with Crippen LogP contribution in [0.2, 0.25) is 0 Å². The molecule has 0 aromatic carbocycles. The van der Waals surface area contributed by atoms with Crippen molar-refractivity contribution >= 4 is 0 Å². The van der Waals surface area contributed by atoms with Gasteiger partial charge >= 0.3 is 0 Å². The smallest absolute Gasteiger partial charge is 0.0297 e. The average Bonchev–Trinajstić information content (AvgIpc) is 2.13. The predicted molar refractivity (Wildman–Crippen MR) is 66.6 cm³/mol. The van der Waals surface area contributed by atoms with Crippen molar-refractivity contribution in [3.8, 4) is 0 Å². The summed E-state index contributed by atoms with van der Waals surface area (Å²) in [5, 5.41) is 0. The summed E-state index contributed by atoms with van der Waals surface area (Å²) in [6.45, 7) is 11.0. The first-order chi connectivity index (χ1) is 6.70. The van der Waals surface area contributed by atoms with E-state index in [1.807, 2.05) is 0 Å². The van der Waals surface area contributed by atoms with Gasteiger partial charge in [-0.1, -0.05) is 65.0 Å². The highest BCUT2D eigenvalue weighted by atomic mass is 14.1. The zero-order chi connectivity index (χ0) is 10.8. The van der Waals surface area contributed by atoms with Gasteiger partial charge in [-0.25, -0.2) is 0 Å². The SMILES string of the molecule is C=C(CCCCCC)CC(C)CCC. The third-order valence-corrected chi connectivity index (χ3v) is 2.80. The molecule has 0 aliphatic carbocycles. The second-order valence-corrected chi connectivity index (χ2v) is 4.66. The van der Waals surface area contributed by atoms with Crippen LogP contribution in [0.25, 0.3) is 0 Å². The molecule has 0 amide bonds. The molecule has 0 aromatic heterocycles. The van der Waals surface area contributed by atoms with Crippen molar-refractivity contribution in [2.24, 2.45) is 5.92 Å². The van der Waals surface area contributed by atoms with Crippen LogP contribution in [-0.4, -0.2) is 0 Å².